The van der Waals surface area contributed by atoms with Crippen molar-refractivity contribution in [3.05, 3.63) is 33.7 Å². The minimum Gasteiger partial charge on any atom is -0.376 e. The highest BCUT2D eigenvalue weighted by molar-refractivity contribution is 9.10. The summed E-state index contributed by atoms with van der Waals surface area (Å²) >= 11 is 3.35. The maximum Gasteiger partial charge on any atom is 0.161 e. The van der Waals surface area contributed by atoms with E-state index in [2.05, 4.69) is 41.6 Å². The summed E-state index contributed by atoms with van der Waals surface area (Å²) in [5.41, 5.74) is 8.83. The van der Waals surface area contributed by atoms with Crippen LogP contribution in [0.3, 0.4) is 0 Å². The summed E-state index contributed by atoms with van der Waals surface area (Å²) in [4.78, 5) is 0. The van der Waals surface area contributed by atoms with E-state index in [1.807, 2.05) is 17.6 Å². The van der Waals surface area contributed by atoms with Gasteiger partial charge in [0, 0.05) is 44.8 Å². The molecule has 0 radical (unpaired) electrons. The smallest absolute Gasteiger partial charge is 0.161 e. The molecule has 0 spiro atoms. The summed E-state index contributed by atoms with van der Waals surface area (Å²) in [5, 5.41) is 0.922. The van der Waals surface area contributed by atoms with Crippen molar-refractivity contribution in [3.8, 4) is 0 Å². The molecule has 1 aromatic heterocycles. The van der Waals surface area contributed by atoms with Crippen LogP contribution < -0.4 is 5.73 Å². The van der Waals surface area contributed by atoms with E-state index in [4.69, 9.17) is 15.2 Å². The number of hydrogen-bond acceptors (Lipinski definition) is 3. The minimum absolute atomic E-state index is 0.0261. The van der Waals surface area contributed by atoms with Gasteiger partial charge in [-0.05, 0) is 53.0 Å². The third-order valence-electron chi connectivity index (χ3n) is 5.26. The Balaban J connectivity index is 1.92. The number of benzene rings is 1. The molecule has 1 fully saturated rings. The number of hydrogen-bond donors (Lipinski definition) is 1. The van der Waals surface area contributed by atoms with Gasteiger partial charge in [0.25, 0.3) is 0 Å². The van der Waals surface area contributed by atoms with Crippen LogP contribution in [0.4, 0.5) is 4.39 Å². The Morgan fingerprint density at radius 3 is 2.74 bits per heavy atom. The summed E-state index contributed by atoms with van der Waals surface area (Å²) in [6.07, 6.45) is 1.52. The molecule has 2 N–H and O–H groups in total. The van der Waals surface area contributed by atoms with E-state index in [0.29, 0.717) is 36.4 Å². The zero-order valence-electron chi connectivity index (χ0n) is 16.6. The molecular weight excluding hydrogens is 427 g/mol. The van der Waals surface area contributed by atoms with Crippen LogP contribution in [-0.2, 0) is 22.6 Å². The van der Waals surface area contributed by atoms with Gasteiger partial charge in [0.05, 0.1) is 16.1 Å². The number of aromatic nitrogens is 1. The first-order chi connectivity index (χ1) is 12.7. The van der Waals surface area contributed by atoms with E-state index in [0.717, 1.165) is 29.1 Å². The van der Waals surface area contributed by atoms with Crippen LogP contribution in [0.5, 0.6) is 0 Å². The molecule has 1 aliphatic heterocycles. The lowest BCUT2D eigenvalue weighted by Gasteiger charge is -2.19. The molecule has 3 rings (SSSR count). The lowest BCUT2D eigenvalue weighted by atomic mass is 10.1. The quantitative estimate of drug-likeness (QED) is 0.479. The molecule has 0 saturated carbocycles. The van der Waals surface area contributed by atoms with Crippen LogP contribution in [-0.4, -0.2) is 38.0 Å². The van der Waals surface area contributed by atoms with Crippen molar-refractivity contribution in [3.63, 3.8) is 0 Å². The largest absolute Gasteiger partial charge is 0.376 e. The Kier molecular flexibility index (Phi) is 6.47. The topological polar surface area (TPSA) is 49.4 Å². The van der Waals surface area contributed by atoms with Crippen LogP contribution in [0.25, 0.3) is 10.9 Å². The highest BCUT2D eigenvalue weighted by Gasteiger charge is 2.27. The van der Waals surface area contributed by atoms with Crippen molar-refractivity contribution < 1.29 is 13.9 Å². The van der Waals surface area contributed by atoms with Gasteiger partial charge in [-0.3, -0.25) is 0 Å². The van der Waals surface area contributed by atoms with Gasteiger partial charge in [0.15, 0.2) is 5.82 Å². The van der Waals surface area contributed by atoms with Gasteiger partial charge in [-0.1, -0.05) is 19.6 Å². The Morgan fingerprint density at radius 2 is 2.11 bits per heavy atom. The Morgan fingerprint density at radius 1 is 1.37 bits per heavy atom. The summed E-state index contributed by atoms with van der Waals surface area (Å²) in [5.74, 6) is -0.243. The predicted octanol–water partition coefficient (Wildman–Crippen LogP) is 4.82. The third-order valence-corrected chi connectivity index (χ3v) is 7.54. The maximum atomic E-state index is 15.0. The fourth-order valence-electron chi connectivity index (χ4n) is 3.52. The molecule has 4 nitrogen and oxygen atoms in total. The molecule has 0 aliphatic carbocycles. The van der Waals surface area contributed by atoms with Crippen LogP contribution in [0, 0.1) is 12.7 Å². The average Bonchev–Trinajstić information content (AvgIpc) is 3.13. The van der Waals surface area contributed by atoms with Crippen molar-refractivity contribution in [2.75, 3.05) is 13.2 Å². The summed E-state index contributed by atoms with van der Waals surface area (Å²) in [6, 6.07) is 5.01. The Labute approximate surface area is 170 Å². The molecular formula is C20H30BrFN2O2Si. The van der Waals surface area contributed by atoms with Crippen molar-refractivity contribution in [1.82, 2.24) is 4.57 Å². The minimum atomic E-state index is -1.17. The zero-order chi connectivity index (χ0) is 19.8. The van der Waals surface area contributed by atoms with E-state index in [1.54, 1.807) is 0 Å². The monoisotopic (exact) mass is 456 g/mol. The van der Waals surface area contributed by atoms with Gasteiger partial charge in [0.2, 0.25) is 0 Å². The van der Waals surface area contributed by atoms with Crippen molar-refractivity contribution in [2.45, 2.75) is 64.3 Å². The number of fused-ring (bicyclic) bond motifs is 1. The second-order valence-corrected chi connectivity index (χ2v) is 15.2. The first-order valence-corrected chi connectivity index (χ1v) is 14.1. The fourth-order valence-corrected chi connectivity index (χ4v) is 4.80. The van der Waals surface area contributed by atoms with E-state index in [9.17, 15) is 4.39 Å². The number of halogens is 2. The molecule has 150 valence electrons. The molecule has 2 aromatic rings. The Hall–Kier alpha value is -0.733. The second-order valence-electron chi connectivity index (χ2n) is 8.73. The average molecular weight is 457 g/mol. The number of rotatable bonds is 7. The molecule has 0 amide bonds. The van der Waals surface area contributed by atoms with Crippen molar-refractivity contribution >= 4 is 34.9 Å². The molecule has 2 heterocycles. The number of ether oxygens (including phenoxy) is 2. The number of nitrogens with zero attached hydrogens (tertiary/aromatic N) is 1. The molecule has 1 saturated heterocycles. The molecule has 1 aliphatic rings. The standard InChI is InChI=1S/C20H30BrFN2O2Si/c1-13-9-16(21)19(22)20-15(13)10-14(11-18-17(23)5-6-26-18)24(20)12-25-7-8-27(2,3)4/h9-10,17-18H,5-8,11-12,23H2,1-4H3. The van der Waals surface area contributed by atoms with Crippen LogP contribution in [0.15, 0.2) is 16.6 Å². The first kappa shape index (κ1) is 21.0. The van der Waals surface area contributed by atoms with Gasteiger partial charge in [-0.25, -0.2) is 4.39 Å². The molecule has 0 bridgehead atoms. The summed E-state index contributed by atoms with van der Waals surface area (Å²) < 4.78 is 29.2. The van der Waals surface area contributed by atoms with E-state index < -0.39 is 8.07 Å². The fraction of sp³-hybridized carbons (Fsp3) is 0.600. The molecule has 27 heavy (non-hydrogen) atoms. The SMILES string of the molecule is Cc1cc(Br)c(F)c2c1cc(CC1OCCC1N)n2COCC[Si](C)(C)C. The molecule has 1 aromatic carbocycles. The maximum absolute atomic E-state index is 15.0. The van der Waals surface area contributed by atoms with Gasteiger partial charge in [0.1, 0.15) is 6.73 Å². The molecule has 2 unspecified atom stereocenters. The van der Waals surface area contributed by atoms with Gasteiger partial charge < -0.3 is 19.8 Å². The van der Waals surface area contributed by atoms with E-state index in [-0.39, 0.29) is 18.0 Å². The van der Waals surface area contributed by atoms with Gasteiger partial charge in [-0.2, -0.15) is 0 Å². The summed E-state index contributed by atoms with van der Waals surface area (Å²) in [7, 11) is -1.17. The van der Waals surface area contributed by atoms with Gasteiger partial charge in [-0.15, -0.1) is 0 Å². The highest BCUT2D eigenvalue weighted by atomic mass is 79.9. The first-order valence-electron chi connectivity index (χ1n) is 9.59. The second kappa shape index (κ2) is 8.33. The zero-order valence-corrected chi connectivity index (χ0v) is 19.2. The van der Waals surface area contributed by atoms with Crippen molar-refractivity contribution in [1.29, 1.82) is 0 Å². The molecule has 7 heteroatoms. The lowest BCUT2D eigenvalue weighted by molar-refractivity contribution is 0.0807. The Bertz CT molecular complexity index is 819. The van der Waals surface area contributed by atoms with Crippen LogP contribution >= 0.6 is 15.9 Å². The number of aryl methyl sites for hydroxylation is 1. The van der Waals surface area contributed by atoms with Crippen LogP contribution in [0.2, 0.25) is 25.7 Å². The third kappa shape index (κ3) is 4.82. The molecule has 2 atom stereocenters. The summed E-state index contributed by atoms with van der Waals surface area (Å²) in [6.45, 7) is 10.7. The highest BCUT2D eigenvalue weighted by Crippen LogP contribution is 2.32. The lowest BCUT2D eigenvalue weighted by Crippen LogP contribution is -2.32. The van der Waals surface area contributed by atoms with Crippen molar-refractivity contribution in [2.24, 2.45) is 5.73 Å². The van der Waals surface area contributed by atoms with Crippen LogP contribution in [0.1, 0.15) is 17.7 Å². The van der Waals surface area contributed by atoms with E-state index >= 15 is 0 Å². The number of nitrogens with two attached hydrogens (primary N) is 1. The normalized spacial score (nSPS) is 20.7. The van der Waals surface area contributed by atoms with E-state index in [1.165, 1.54) is 0 Å². The predicted molar refractivity (Wildman–Crippen MR) is 114 cm³/mol. The van der Waals surface area contributed by atoms with Gasteiger partial charge >= 0.3 is 0 Å².